The Morgan fingerprint density at radius 1 is 0.966 bits per heavy atom. The smallest absolute Gasteiger partial charge is 0.255 e. The Bertz CT molecular complexity index is 837. The van der Waals surface area contributed by atoms with Gasteiger partial charge in [-0.3, -0.25) is 14.5 Å². The molecule has 2 unspecified atom stereocenters. The molecule has 2 atom stereocenters. The molecule has 0 saturated carbocycles. The van der Waals surface area contributed by atoms with E-state index < -0.39 is 0 Å². The van der Waals surface area contributed by atoms with Gasteiger partial charge >= 0.3 is 0 Å². The molecule has 3 rings (SSSR count). The Kier molecular flexibility index (Phi) is 6.67. The van der Waals surface area contributed by atoms with Crippen LogP contribution in [0.25, 0.3) is 0 Å². The summed E-state index contributed by atoms with van der Waals surface area (Å²) in [5, 5.41) is 2.88. The third-order valence-electron chi connectivity index (χ3n) is 4.91. The molecule has 1 fully saturated rings. The van der Waals surface area contributed by atoms with Gasteiger partial charge in [-0.25, -0.2) is 0 Å². The van der Waals surface area contributed by atoms with Crippen LogP contribution in [-0.4, -0.2) is 61.0 Å². The molecule has 1 aliphatic rings. The Labute approximate surface area is 172 Å². The topological polar surface area (TPSA) is 61.9 Å². The molecule has 1 aliphatic heterocycles. The number of carbonyl (C=O) groups excluding carboxylic acids is 2. The van der Waals surface area contributed by atoms with Crippen LogP contribution in [0.4, 0.5) is 5.69 Å². The summed E-state index contributed by atoms with van der Waals surface area (Å²) in [7, 11) is 3.42. The lowest BCUT2D eigenvalue weighted by Gasteiger charge is -2.35. The molecule has 2 amide bonds. The molecule has 29 heavy (non-hydrogen) atoms. The van der Waals surface area contributed by atoms with E-state index in [0.717, 1.165) is 19.6 Å². The van der Waals surface area contributed by atoms with Crippen molar-refractivity contribution < 1.29 is 14.3 Å². The van der Waals surface area contributed by atoms with E-state index in [1.54, 1.807) is 38.4 Å². The summed E-state index contributed by atoms with van der Waals surface area (Å²) in [6, 6.07) is 14.6. The number of amides is 2. The second-order valence-corrected chi connectivity index (χ2v) is 7.88. The van der Waals surface area contributed by atoms with Crippen molar-refractivity contribution in [1.82, 2.24) is 9.80 Å². The zero-order valence-electron chi connectivity index (χ0n) is 17.5. The number of anilines is 1. The lowest BCUT2D eigenvalue weighted by molar-refractivity contribution is -0.0704. The van der Waals surface area contributed by atoms with Crippen LogP contribution in [0, 0.1) is 0 Å². The Morgan fingerprint density at radius 2 is 1.52 bits per heavy atom. The summed E-state index contributed by atoms with van der Waals surface area (Å²) in [4.78, 5) is 28.4. The van der Waals surface area contributed by atoms with Gasteiger partial charge in [0.05, 0.1) is 12.2 Å². The van der Waals surface area contributed by atoms with Crippen molar-refractivity contribution in [3.8, 4) is 0 Å². The van der Waals surface area contributed by atoms with Crippen molar-refractivity contribution in [2.75, 3.05) is 32.5 Å². The highest BCUT2D eigenvalue weighted by Gasteiger charge is 2.22. The van der Waals surface area contributed by atoms with Gasteiger partial charge in [0.2, 0.25) is 0 Å². The summed E-state index contributed by atoms with van der Waals surface area (Å²) in [5.74, 6) is -0.237. The second-order valence-electron chi connectivity index (χ2n) is 7.88. The molecule has 154 valence electrons. The first-order valence-electron chi connectivity index (χ1n) is 9.91. The molecule has 0 aliphatic carbocycles. The number of rotatable bonds is 5. The maximum Gasteiger partial charge on any atom is 0.255 e. The zero-order chi connectivity index (χ0) is 21.0. The van der Waals surface area contributed by atoms with Gasteiger partial charge in [0.1, 0.15) is 0 Å². The Hall–Kier alpha value is -2.70. The monoisotopic (exact) mass is 395 g/mol. The molecule has 0 radical (unpaired) electrons. The van der Waals surface area contributed by atoms with Gasteiger partial charge in [-0.15, -0.1) is 0 Å². The minimum atomic E-state index is -0.170. The normalized spacial score (nSPS) is 19.6. The average molecular weight is 396 g/mol. The van der Waals surface area contributed by atoms with E-state index in [0.29, 0.717) is 16.8 Å². The quantitative estimate of drug-likeness (QED) is 0.844. The predicted octanol–water partition coefficient (Wildman–Crippen LogP) is 3.25. The van der Waals surface area contributed by atoms with Crippen molar-refractivity contribution in [1.29, 1.82) is 0 Å². The lowest BCUT2D eigenvalue weighted by atomic mass is 10.1. The molecular weight excluding hydrogens is 366 g/mol. The van der Waals surface area contributed by atoms with Gasteiger partial charge in [-0.05, 0) is 55.8 Å². The zero-order valence-corrected chi connectivity index (χ0v) is 17.5. The van der Waals surface area contributed by atoms with Crippen LogP contribution in [0.3, 0.4) is 0 Å². The van der Waals surface area contributed by atoms with E-state index in [4.69, 9.17) is 4.74 Å². The standard InChI is InChI=1S/C23H29N3O3/c1-16-13-26(14-17(2)29-16)15-18-5-7-19(8-6-18)22(27)24-21-11-9-20(10-12-21)23(28)25(3)4/h5-12,16-17H,13-15H2,1-4H3,(H,24,27). The molecular formula is C23H29N3O3. The molecule has 1 heterocycles. The first-order chi connectivity index (χ1) is 13.8. The van der Waals surface area contributed by atoms with Gasteiger partial charge in [-0.1, -0.05) is 12.1 Å². The van der Waals surface area contributed by atoms with Gasteiger partial charge in [-0.2, -0.15) is 0 Å². The number of hydrogen-bond acceptors (Lipinski definition) is 4. The molecule has 0 spiro atoms. The van der Waals surface area contributed by atoms with Crippen molar-refractivity contribution in [2.24, 2.45) is 0 Å². The summed E-state index contributed by atoms with van der Waals surface area (Å²) in [6.45, 7) is 6.87. The van der Waals surface area contributed by atoms with Crippen LogP contribution >= 0.6 is 0 Å². The van der Waals surface area contributed by atoms with Gasteiger partial charge in [0.25, 0.3) is 11.8 Å². The van der Waals surface area contributed by atoms with E-state index in [9.17, 15) is 9.59 Å². The van der Waals surface area contributed by atoms with E-state index in [-0.39, 0.29) is 24.0 Å². The maximum absolute atomic E-state index is 12.5. The first-order valence-corrected chi connectivity index (χ1v) is 9.91. The SMILES string of the molecule is CC1CN(Cc2ccc(C(=O)Nc3ccc(C(=O)N(C)C)cc3)cc2)CC(C)O1. The third kappa shape index (κ3) is 5.65. The molecule has 1 saturated heterocycles. The van der Waals surface area contributed by atoms with E-state index >= 15 is 0 Å². The summed E-state index contributed by atoms with van der Waals surface area (Å²) >= 11 is 0. The van der Waals surface area contributed by atoms with E-state index in [1.807, 2.05) is 24.3 Å². The van der Waals surface area contributed by atoms with Crippen LogP contribution in [0.2, 0.25) is 0 Å². The lowest BCUT2D eigenvalue weighted by Crippen LogP contribution is -2.44. The second kappa shape index (κ2) is 9.20. The number of carbonyl (C=O) groups is 2. The van der Waals surface area contributed by atoms with Crippen LogP contribution in [-0.2, 0) is 11.3 Å². The van der Waals surface area contributed by atoms with Crippen molar-refractivity contribution in [2.45, 2.75) is 32.6 Å². The summed E-state index contributed by atoms with van der Waals surface area (Å²) in [6.07, 6.45) is 0.478. The molecule has 1 N–H and O–H groups in total. The average Bonchev–Trinajstić information content (AvgIpc) is 2.67. The number of hydrogen-bond donors (Lipinski definition) is 1. The number of nitrogens with one attached hydrogen (secondary N) is 1. The molecule has 0 bridgehead atoms. The highest BCUT2D eigenvalue weighted by molar-refractivity contribution is 6.04. The number of morpholine rings is 1. The molecule has 2 aromatic carbocycles. The third-order valence-corrected chi connectivity index (χ3v) is 4.91. The van der Waals surface area contributed by atoms with Crippen LogP contribution < -0.4 is 5.32 Å². The van der Waals surface area contributed by atoms with Crippen LogP contribution in [0.5, 0.6) is 0 Å². The maximum atomic E-state index is 12.5. The molecule has 6 heteroatoms. The molecule has 6 nitrogen and oxygen atoms in total. The highest BCUT2D eigenvalue weighted by atomic mass is 16.5. The summed E-state index contributed by atoms with van der Waals surface area (Å²) < 4.78 is 5.78. The van der Waals surface area contributed by atoms with Crippen molar-refractivity contribution >= 4 is 17.5 Å². The van der Waals surface area contributed by atoms with E-state index in [1.165, 1.54) is 10.5 Å². The van der Waals surface area contributed by atoms with Crippen LogP contribution in [0.15, 0.2) is 48.5 Å². The Balaban J connectivity index is 1.58. The minimum absolute atomic E-state index is 0.0671. The van der Waals surface area contributed by atoms with Crippen LogP contribution in [0.1, 0.15) is 40.1 Å². The van der Waals surface area contributed by atoms with E-state index in [2.05, 4.69) is 24.1 Å². The van der Waals surface area contributed by atoms with Crippen molar-refractivity contribution in [3.05, 3.63) is 65.2 Å². The van der Waals surface area contributed by atoms with Crippen molar-refractivity contribution in [3.63, 3.8) is 0 Å². The molecule has 2 aromatic rings. The van der Waals surface area contributed by atoms with Gasteiger partial charge in [0.15, 0.2) is 0 Å². The van der Waals surface area contributed by atoms with Gasteiger partial charge < -0.3 is 15.0 Å². The fraction of sp³-hybridized carbons (Fsp3) is 0.391. The Morgan fingerprint density at radius 3 is 2.07 bits per heavy atom. The fourth-order valence-electron chi connectivity index (χ4n) is 3.59. The summed E-state index contributed by atoms with van der Waals surface area (Å²) in [5.41, 5.74) is 3.02. The molecule has 0 aromatic heterocycles. The predicted molar refractivity (Wildman–Crippen MR) is 114 cm³/mol. The fourth-order valence-corrected chi connectivity index (χ4v) is 3.59. The number of ether oxygens (including phenoxy) is 1. The minimum Gasteiger partial charge on any atom is -0.373 e. The van der Waals surface area contributed by atoms with Gasteiger partial charge in [0, 0.05) is 50.5 Å². The first kappa shape index (κ1) is 21.0. The number of nitrogens with zero attached hydrogens (tertiary/aromatic N) is 2. The number of benzene rings is 2. The highest BCUT2D eigenvalue weighted by Crippen LogP contribution is 2.16. The largest absolute Gasteiger partial charge is 0.373 e.